The predicted molar refractivity (Wildman–Crippen MR) is 106 cm³/mol. The summed E-state index contributed by atoms with van der Waals surface area (Å²) in [5, 5.41) is 20.5. The van der Waals surface area contributed by atoms with E-state index >= 15 is 0 Å². The summed E-state index contributed by atoms with van der Waals surface area (Å²) < 4.78 is 4.97. The molecule has 0 bridgehead atoms. The quantitative estimate of drug-likeness (QED) is 0.251. The lowest BCUT2D eigenvalue weighted by Gasteiger charge is -2.30. The molecule has 0 saturated carbocycles. The molecule has 3 atom stereocenters. The molecule has 1 aliphatic carbocycles. The highest BCUT2D eigenvalue weighted by Crippen LogP contribution is 2.30. The van der Waals surface area contributed by atoms with E-state index in [1.807, 2.05) is 0 Å². The first-order valence-corrected chi connectivity index (χ1v) is 10.7. The van der Waals surface area contributed by atoms with E-state index in [1.54, 1.807) is 0 Å². The Kier molecular flexibility index (Phi) is 11.5. The molecule has 0 aromatic carbocycles. The third-order valence-electron chi connectivity index (χ3n) is 5.35. The Morgan fingerprint density at radius 2 is 1.37 bits per heavy atom. The van der Waals surface area contributed by atoms with Crippen LogP contribution < -0.4 is 0 Å². The summed E-state index contributed by atoms with van der Waals surface area (Å²) in [4.78, 5) is 23.5. The van der Waals surface area contributed by atoms with Crippen LogP contribution in [0.5, 0.6) is 0 Å². The van der Waals surface area contributed by atoms with Gasteiger partial charge < -0.3 is 14.9 Å². The number of carbonyl (C=O) groups excluding carboxylic acids is 2. The van der Waals surface area contributed by atoms with E-state index in [9.17, 15) is 19.8 Å². The smallest absolute Gasteiger partial charge is 0.303 e. The van der Waals surface area contributed by atoms with Crippen molar-refractivity contribution >= 4 is 11.8 Å². The maximum Gasteiger partial charge on any atom is 0.303 e. The minimum Gasteiger partial charge on any atom is -0.455 e. The average molecular weight is 383 g/mol. The molecule has 0 aliphatic heterocycles. The van der Waals surface area contributed by atoms with Crippen LogP contribution in [0.4, 0.5) is 0 Å². The zero-order valence-corrected chi connectivity index (χ0v) is 17.1. The molecular weight excluding hydrogens is 344 g/mol. The molecule has 5 nitrogen and oxygen atoms in total. The fourth-order valence-corrected chi connectivity index (χ4v) is 3.63. The van der Waals surface area contributed by atoms with Crippen molar-refractivity contribution in [3.8, 4) is 0 Å². The van der Waals surface area contributed by atoms with Crippen LogP contribution >= 0.6 is 0 Å². The normalized spacial score (nSPS) is 24.3. The molecule has 27 heavy (non-hydrogen) atoms. The Bertz CT molecular complexity index is 473. The molecular formula is C22H38O5. The molecule has 0 spiro atoms. The Morgan fingerprint density at radius 1 is 0.889 bits per heavy atom. The van der Waals surface area contributed by atoms with Crippen LogP contribution in [-0.2, 0) is 14.3 Å². The van der Waals surface area contributed by atoms with Crippen molar-refractivity contribution in [2.75, 3.05) is 0 Å². The highest BCUT2D eigenvalue weighted by Gasteiger charge is 2.52. The monoisotopic (exact) mass is 382 g/mol. The Morgan fingerprint density at radius 3 is 1.85 bits per heavy atom. The average Bonchev–Trinajstić information content (AvgIpc) is 2.91. The van der Waals surface area contributed by atoms with Crippen molar-refractivity contribution < 1.29 is 24.5 Å². The molecule has 1 rings (SSSR count). The molecule has 1 aliphatic rings. The van der Waals surface area contributed by atoms with E-state index in [4.69, 9.17) is 4.74 Å². The van der Waals surface area contributed by atoms with Gasteiger partial charge >= 0.3 is 5.97 Å². The van der Waals surface area contributed by atoms with Gasteiger partial charge in [0, 0.05) is 13.3 Å². The van der Waals surface area contributed by atoms with E-state index < -0.39 is 29.6 Å². The van der Waals surface area contributed by atoms with Gasteiger partial charge in [-0.05, 0) is 12.5 Å². The van der Waals surface area contributed by atoms with Crippen LogP contribution in [0.3, 0.4) is 0 Å². The second kappa shape index (κ2) is 13.1. The summed E-state index contributed by atoms with van der Waals surface area (Å²) in [6.45, 7) is 3.45. The molecule has 0 aromatic rings. The SMILES string of the molecule is CCCCCCCCCCCCCCC(=O)[C@@]1(O)C(O)C=C[C@H]1OC(C)=O. The lowest BCUT2D eigenvalue weighted by Crippen LogP contribution is -2.55. The molecule has 5 heteroatoms. The lowest BCUT2D eigenvalue weighted by atomic mass is 9.88. The maximum atomic E-state index is 12.4. The first kappa shape index (κ1) is 23.8. The third kappa shape index (κ3) is 8.14. The summed E-state index contributed by atoms with van der Waals surface area (Å²) in [6, 6.07) is 0. The number of aliphatic hydroxyl groups excluding tert-OH is 1. The number of esters is 1. The summed E-state index contributed by atoms with van der Waals surface area (Å²) >= 11 is 0. The van der Waals surface area contributed by atoms with Gasteiger partial charge in [-0.2, -0.15) is 0 Å². The van der Waals surface area contributed by atoms with Crippen LogP contribution in [0.15, 0.2) is 12.2 Å². The highest BCUT2D eigenvalue weighted by molar-refractivity contribution is 5.90. The van der Waals surface area contributed by atoms with Crippen molar-refractivity contribution in [1.82, 2.24) is 0 Å². The van der Waals surface area contributed by atoms with Crippen LogP contribution in [0, 0.1) is 0 Å². The first-order chi connectivity index (χ1) is 12.9. The number of hydrogen-bond donors (Lipinski definition) is 2. The van der Waals surface area contributed by atoms with Gasteiger partial charge in [-0.3, -0.25) is 9.59 Å². The standard InChI is InChI=1S/C22H38O5/c1-3-4-5-6-7-8-9-10-11-12-13-14-15-19(24)22(26)20(25)16-17-21(22)27-18(2)23/h16-17,20-21,25-26H,3-15H2,1-2H3/t20?,21-,22-/m1/s1. The fraction of sp³-hybridized carbons (Fsp3) is 0.818. The molecule has 1 unspecified atom stereocenters. The van der Waals surface area contributed by atoms with Crippen LogP contribution in [0.1, 0.15) is 97.3 Å². The number of ether oxygens (including phenoxy) is 1. The molecule has 0 saturated heterocycles. The van der Waals surface area contributed by atoms with Crippen LogP contribution in [-0.4, -0.2) is 39.8 Å². The van der Waals surface area contributed by atoms with Crippen molar-refractivity contribution in [3.63, 3.8) is 0 Å². The van der Waals surface area contributed by atoms with E-state index in [2.05, 4.69) is 6.92 Å². The minimum atomic E-state index is -2.04. The van der Waals surface area contributed by atoms with Crippen molar-refractivity contribution in [3.05, 3.63) is 12.2 Å². The van der Waals surface area contributed by atoms with E-state index in [0.29, 0.717) is 6.42 Å². The third-order valence-corrected chi connectivity index (χ3v) is 5.35. The Balaban J connectivity index is 2.12. The van der Waals surface area contributed by atoms with Crippen molar-refractivity contribution in [2.24, 2.45) is 0 Å². The van der Waals surface area contributed by atoms with Gasteiger partial charge in [-0.25, -0.2) is 0 Å². The van der Waals surface area contributed by atoms with Crippen LogP contribution in [0.25, 0.3) is 0 Å². The number of unbranched alkanes of at least 4 members (excludes halogenated alkanes) is 11. The van der Waals surface area contributed by atoms with Gasteiger partial charge in [0.2, 0.25) is 0 Å². The number of aliphatic hydroxyl groups is 2. The molecule has 2 N–H and O–H groups in total. The first-order valence-electron chi connectivity index (χ1n) is 10.7. The van der Waals surface area contributed by atoms with Gasteiger partial charge in [-0.1, -0.05) is 83.6 Å². The number of Topliss-reactive ketones (excluding diaryl/α,β-unsaturated/α-hetero) is 1. The second-order valence-corrected chi connectivity index (χ2v) is 7.75. The number of hydrogen-bond acceptors (Lipinski definition) is 5. The number of rotatable bonds is 15. The molecule has 0 amide bonds. The molecule has 0 radical (unpaired) electrons. The summed E-state index contributed by atoms with van der Waals surface area (Å²) in [5.41, 5.74) is -2.04. The summed E-state index contributed by atoms with van der Waals surface area (Å²) in [7, 11) is 0. The lowest BCUT2D eigenvalue weighted by molar-refractivity contribution is -0.172. The minimum absolute atomic E-state index is 0.185. The molecule has 156 valence electrons. The number of carbonyl (C=O) groups is 2. The van der Waals surface area contributed by atoms with Gasteiger partial charge in [0.05, 0.1) is 0 Å². The fourth-order valence-electron chi connectivity index (χ4n) is 3.63. The van der Waals surface area contributed by atoms with Gasteiger partial charge in [0.1, 0.15) is 6.10 Å². The predicted octanol–water partition coefficient (Wildman–Crippen LogP) is 4.24. The summed E-state index contributed by atoms with van der Waals surface area (Å²) in [6.07, 6.45) is 14.8. The number of ketones is 1. The largest absolute Gasteiger partial charge is 0.455 e. The molecule has 0 aromatic heterocycles. The van der Waals surface area contributed by atoms with E-state index in [-0.39, 0.29) is 6.42 Å². The zero-order chi connectivity index (χ0) is 20.1. The van der Waals surface area contributed by atoms with Crippen molar-refractivity contribution in [1.29, 1.82) is 0 Å². The maximum absolute atomic E-state index is 12.4. The van der Waals surface area contributed by atoms with Gasteiger partial charge in [0.15, 0.2) is 17.5 Å². The van der Waals surface area contributed by atoms with Gasteiger partial charge in [-0.15, -0.1) is 0 Å². The molecule has 0 fully saturated rings. The summed E-state index contributed by atoms with van der Waals surface area (Å²) in [5.74, 6) is -1.05. The Hall–Kier alpha value is -1.20. The topological polar surface area (TPSA) is 83.8 Å². The van der Waals surface area contributed by atoms with Gasteiger partial charge in [0.25, 0.3) is 0 Å². The second-order valence-electron chi connectivity index (χ2n) is 7.75. The van der Waals surface area contributed by atoms with Crippen molar-refractivity contribution in [2.45, 2.75) is 115 Å². The van der Waals surface area contributed by atoms with E-state index in [0.717, 1.165) is 12.8 Å². The Labute approximate surface area is 164 Å². The molecule has 0 heterocycles. The zero-order valence-electron chi connectivity index (χ0n) is 17.1. The van der Waals surface area contributed by atoms with Crippen LogP contribution in [0.2, 0.25) is 0 Å². The van der Waals surface area contributed by atoms with E-state index in [1.165, 1.54) is 76.9 Å². The highest BCUT2D eigenvalue weighted by atomic mass is 16.6.